The van der Waals surface area contributed by atoms with E-state index in [2.05, 4.69) is 56.2 Å². The van der Waals surface area contributed by atoms with Crippen molar-refractivity contribution in [2.45, 2.75) is 26.5 Å². The van der Waals surface area contributed by atoms with Crippen LogP contribution in [0.1, 0.15) is 36.6 Å². The maximum Gasteiger partial charge on any atom is 0.338 e. The second-order valence-electron chi connectivity index (χ2n) is 9.52. The normalized spacial score (nSPS) is 14.7. The van der Waals surface area contributed by atoms with Crippen LogP contribution in [0.3, 0.4) is 0 Å². The average molecular weight is 822 g/mol. The Morgan fingerprint density at radius 2 is 1.79 bits per heavy atom. The van der Waals surface area contributed by atoms with Crippen molar-refractivity contribution in [3.05, 3.63) is 115 Å². The average Bonchev–Trinajstić information content (AvgIpc) is 3.30. The number of fused-ring (bicyclic) bond motifs is 1. The van der Waals surface area contributed by atoms with Crippen LogP contribution in [-0.4, -0.2) is 31.4 Å². The number of hydrogen-bond acceptors (Lipinski definition) is 8. The molecule has 1 aliphatic rings. The van der Waals surface area contributed by atoms with Crippen molar-refractivity contribution in [2.24, 2.45) is 4.99 Å². The van der Waals surface area contributed by atoms with Crippen LogP contribution < -0.4 is 29.1 Å². The molecule has 0 radical (unpaired) electrons. The Balaban J connectivity index is 1.52. The molecule has 8 nitrogen and oxygen atoms in total. The zero-order valence-electron chi connectivity index (χ0n) is 23.9. The third-order valence-corrected chi connectivity index (χ3v) is 9.31. The molecule has 0 spiro atoms. The Morgan fingerprint density at radius 1 is 1.02 bits per heavy atom. The lowest BCUT2D eigenvalue weighted by Gasteiger charge is -2.26. The summed E-state index contributed by atoms with van der Waals surface area (Å²) >= 11 is 5.82. The van der Waals surface area contributed by atoms with Crippen LogP contribution in [0.5, 0.6) is 17.2 Å². The van der Waals surface area contributed by atoms with Crippen molar-refractivity contribution in [3.63, 3.8) is 0 Å². The van der Waals surface area contributed by atoms with Gasteiger partial charge in [-0.25, -0.2) is 9.79 Å². The van der Waals surface area contributed by atoms with Crippen LogP contribution in [0.15, 0.2) is 81.7 Å². The Bertz CT molecular complexity index is 1900. The topological polar surface area (TPSA) is 88.4 Å². The minimum absolute atomic E-state index is 0.192. The molecule has 1 aliphatic heterocycles. The molecular formula is C32H28I2N2O6S. The number of nitrogens with zero attached hydrogens (tertiary/aromatic N) is 2. The van der Waals surface area contributed by atoms with E-state index in [1.165, 1.54) is 11.3 Å². The van der Waals surface area contributed by atoms with Gasteiger partial charge in [0.1, 0.15) is 29.9 Å². The van der Waals surface area contributed by atoms with Crippen molar-refractivity contribution in [1.29, 1.82) is 0 Å². The molecule has 0 amide bonds. The molecule has 43 heavy (non-hydrogen) atoms. The van der Waals surface area contributed by atoms with E-state index in [1.807, 2.05) is 42.5 Å². The highest BCUT2D eigenvalue weighted by Crippen LogP contribution is 2.37. The number of carbonyl (C=O) groups excluding carboxylic acids is 1. The van der Waals surface area contributed by atoms with E-state index in [0.717, 1.165) is 24.0 Å². The van der Waals surface area contributed by atoms with Gasteiger partial charge in [-0.15, -0.1) is 0 Å². The smallest absolute Gasteiger partial charge is 0.338 e. The molecular weight excluding hydrogens is 794 g/mol. The molecule has 0 saturated carbocycles. The third kappa shape index (κ3) is 6.68. The molecule has 4 aromatic rings. The fraction of sp³-hybridized carbons (Fsp3) is 0.219. The first-order valence-corrected chi connectivity index (χ1v) is 16.3. The van der Waals surface area contributed by atoms with Gasteiger partial charge in [0.2, 0.25) is 0 Å². The zero-order chi connectivity index (χ0) is 30.7. The molecule has 1 atom stereocenters. The number of ether oxygens (including phenoxy) is 4. The van der Waals surface area contributed by atoms with Crippen LogP contribution >= 0.6 is 56.5 Å². The largest absolute Gasteiger partial charge is 0.497 e. The highest BCUT2D eigenvalue weighted by molar-refractivity contribution is 14.1. The quantitative estimate of drug-likeness (QED) is 0.162. The monoisotopic (exact) mass is 822 g/mol. The van der Waals surface area contributed by atoms with Gasteiger partial charge in [0.15, 0.2) is 4.80 Å². The summed E-state index contributed by atoms with van der Waals surface area (Å²) in [4.78, 5) is 32.3. The molecule has 1 aromatic heterocycles. The van der Waals surface area contributed by atoms with E-state index in [-0.39, 0.29) is 17.7 Å². The van der Waals surface area contributed by atoms with Gasteiger partial charge in [-0.1, -0.05) is 35.6 Å². The molecule has 0 fully saturated rings. The lowest BCUT2D eigenvalue weighted by atomic mass is 9.95. The van der Waals surface area contributed by atoms with Crippen LogP contribution in [0.25, 0.3) is 6.08 Å². The van der Waals surface area contributed by atoms with E-state index in [1.54, 1.807) is 50.8 Å². The third-order valence-electron chi connectivity index (χ3n) is 6.82. The second kappa shape index (κ2) is 13.6. The summed E-state index contributed by atoms with van der Waals surface area (Å²) in [6, 6.07) is 18.5. The highest BCUT2D eigenvalue weighted by Gasteiger charge is 2.35. The summed E-state index contributed by atoms with van der Waals surface area (Å²) < 4.78 is 26.7. The predicted molar refractivity (Wildman–Crippen MR) is 183 cm³/mol. The molecule has 0 bridgehead atoms. The molecule has 5 rings (SSSR count). The lowest BCUT2D eigenvalue weighted by molar-refractivity contribution is -0.139. The number of thiazole rings is 1. The molecule has 0 aliphatic carbocycles. The molecule has 222 valence electrons. The van der Waals surface area contributed by atoms with E-state index in [0.29, 0.717) is 38.7 Å². The lowest BCUT2D eigenvalue weighted by Crippen LogP contribution is -2.40. The number of benzene rings is 3. The number of carbonyl (C=O) groups is 1. The van der Waals surface area contributed by atoms with Gasteiger partial charge in [-0.05, 0) is 107 Å². The van der Waals surface area contributed by atoms with Gasteiger partial charge < -0.3 is 18.9 Å². The van der Waals surface area contributed by atoms with Crippen molar-refractivity contribution < 1.29 is 23.7 Å². The summed E-state index contributed by atoms with van der Waals surface area (Å²) in [6.07, 6.45) is 1.84. The fourth-order valence-electron chi connectivity index (χ4n) is 4.74. The first-order valence-electron chi connectivity index (χ1n) is 13.3. The minimum Gasteiger partial charge on any atom is -0.497 e. The van der Waals surface area contributed by atoms with Crippen LogP contribution in [0, 0.1) is 7.14 Å². The number of halogens is 2. The maximum atomic E-state index is 14.0. The van der Waals surface area contributed by atoms with Crippen molar-refractivity contribution >= 4 is 68.6 Å². The molecule has 0 unspecified atom stereocenters. The SMILES string of the molecule is CCOC(=O)C1=C(C)N=c2s/c(=C\c3ccc(COc4ccc(I)cc4I)cc3)c(=O)n2[C@@H]1c1ccc(OC)cc1OC. The summed E-state index contributed by atoms with van der Waals surface area (Å²) in [5, 5.41) is 0. The standard InChI is InChI=1S/C32H28I2N2O6S/c1-5-41-31(38)28-18(2)35-32-36(29(28)23-12-11-22(39-3)16-26(23)40-4)30(37)27(43-32)14-19-6-8-20(9-7-19)17-42-25-13-10-21(33)15-24(25)34/h6-16,29H,5,17H2,1-4H3/b27-14-/t29-/m1/s1. The Kier molecular flexibility index (Phi) is 9.92. The molecule has 0 saturated heterocycles. The molecule has 2 heterocycles. The highest BCUT2D eigenvalue weighted by atomic mass is 127. The Labute approximate surface area is 279 Å². The van der Waals surface area contributed by atoms with E-state index < -0.39 is 12.0 Å². The first kappa shape index (κ1) is 31.3. The number of hydrogen-bond donors (Lipinski definition) is 0. The van der Waals surface area contributed by atoms with Crippen LogP contribution in [0.2, 0.25) is 0 Å². The van der Waals surface area contributed by atoms with Gasteiger partial charge in [0.25, 0.3) is 5.56 Å². The fourth-order valence-corrected chi connectivity index (χ4v) is 7.55. The number of methoxy groups -OCH3 is 2. The Hall–Kier alpha value is -3.17. The second-order valence-corrected chi connectivity index (χ2v) is 12.9. The minimum atomic E-state index is -0.790. The van der Waals surface area contributed by atoms with Crippen molar-refractivity contribution in [2.75, 3.05) is 20.8 Å². The number of aromatic nitrogens is 1. The molecule has 11 heteroatoms. The first-order chi connectivity index (χ1) is 20.7. The number of esters is 1. The summed E-state index contributed by atoms with van der Waals surface area (Å²) in [6.45, 7) is 4.12. The summed E-state index contributed by atoms with van der Waals surface area (Å²) in [7, 11) is 3.11. The molecule has 3 aromatic carbocycles. The van der Waals surface area contributed by atoms with Gasteiger partial charge in [-0.3, -0.25) is 9.36 Å². The molecule has 0 N–H and O–H groups in total. The van der Waals surface area contributed by atoms with Gasteiger partial charge >= 0.3 is 5.97 Å². The number of allylic oxidation sites excluding steroid dienone is 1. The van der Waals surface area contributed by atoms with Crippen molar-refractivity contribution in [1.82, 2.24) is 4.57 Å². The zero-order valence-corrected chi connectivity index (χ0v) is 29.0. The summed E-state index contributed by atoms with van der Waals surface area (Å²) in [5.74, 6) is 1.38. The van der Waals surface area contributed by atoms with E-state index >= 15 is 0 Å². The van der Waals surface area contributed by atoms with Gasteiger partial charge in [-0.2, -0.15) is 0 Å². The predicted octanol–water partition coefficient (Wildman–Crippen LogP) is 5.60. The maximum absolute atomic E-state index is 14.0. The number of rotatable bonds is 9. The summed E-state index contributed by atoms with van der Waals surface area (Å²) in [5.41, 5.74) is 3.01. The Morgan fingerprint density at radius 3 is 2.47 bits per heavy atom. The van der Waals surface area contributed by atoms with Gasteiger partial charge in [0, 0.05) is 15.2 Å². The van der Waals surface area contributed by atoms with Crippen molar-refractivity contribution in [3.8, 4) is 17.2 Å². The van der Waals surface area contributed by atoms with Crippen LogP contribution in [-0.2, 0) is 16.1 Å². The van der Waals surface area contributed by atoms with E-state index in [9.17, 15) is 9.59 Å². The van der Waals surface area contributed by atoms with Gasteiger partial charge in [0.05, 0.1) is 40.2 Å². The van der Waals surface area contributed by atoms with E-state index in [4.69, 9.17) is 18.9 Å². The van der Waals surface area contributed by atoms with Crippen LogP contribution in [0.4, 0.5) is 0 Å².